The van der Waals surface area contributed by atoms with E-state index in [1.54, 1.807) is 11.8 Å². The molecule has 1 saturated heterocycles. The van der Waals surface area contributed by atoms with Gasteiger partial charge in [-0.25, -0.2) is 4.98 Å². The predicted octanol–water partition coefficient (Wildman–Crippen LogP) is 4.15. The molecule has 0 radical (unpaired) electrons. The maximum Gasteiger partial charge on any atom is 0.116 e. The number of piperazine rings is 1. The van der Waals surface area contributed by atoms with Crippen molar-refractivity contribution in [3.05, 3.63) is 65.7 Å². The normalized spacial score (nSPS) is 15.0. The van der Waals surface area contributed by atoms with Gasteiger partial charge in [0.1, 0.15) is 16.7 Å². The van der Waals surface area contributed by atoms with Crippen LogP contribution in [0.3, 0.4) is 0 Å². The number of fused-ring (bicyclic) bond motifs is 1. The first-order valence-corrected chi connectivity index (χ1v) is 10.4. The van der Waals surface area contributed by atoms with Gasteiger partial charge in [0.25, 0.3) is 0 Å². The first kappa shape index (κ1) is 17.8. The fourth-order valence-electron chi connectivity index (χ4n) is 3.72. The van der Waals surface area contributed by atoms with Crippen molar-refractivity contribution in [3.8, 4) is 6.07 Å². The minimum atomic E-state index is 0.706. The van der Waals surface area contributed by atoms with Crippen molar-refractivity contribution < 1.29 is 0 Å². The Hall–Kier alpha value is -2.55. The molecule has 0 bridgehead atoms. The van der Waals surface area contributed by atoms with Crippen LogP contribution in [0.25, 0.3) is 10.9 Å². The Morgan fingerprint density at radius 1 is 1.00 bits per heavy atom. The zero-order valence-electron chi connectivity index (χ0n) is 15.4. The second-order valence-electron chi connectivity index (χ2n) is 6.72. The molecule has 5 heteroatoms. The third-order valence-electron chi connectivity index (χ3n) is 5.07. The van der Waals surface area contributed by atoms with Crippen molar-refractivity contribution in [2.75, 3.05) is 37.3 Å². The fraction of sp³-hybridized carbons (Fsp3) is 0.273. The lowest BCUT2D eigenvalue weighted by Crippen LogP contribution is -2.46. The molecule has 2 heterocycles. The molecule has 1 aromatic heterocycles. The van der Waals surface area contributed by atoms with Crippen LogP contribution >= 0.6 is 11.8 Å². The van der Waals surface area contributed by atoms with Crippen molar-refractivity contribution in [3.63, 3.8) is 0 Å². The lowest BCUT2D eigenvalue weighted by Gasteiger charge is -2.37. The summed E-state index contributed by atoms with van der Waals surface area (Å²) in [4.78, 5) is 9.54. The van der Waals surface area contributed by atoms with E-state index in [1.165, 1.54) is 5.56 Å². The Balaban J connectivity index is 1.61. The average Bonchev–Trinajstić information content (AvgIpc) is 2.73. The number of thioether (sulfide) groups is 1. The van der Waals surface area contributed by atoms with Crippen molar-refractivity contribution in [1.82, 2.24) is 9.88 Å². The fourth-order valence-corrected chi connectivity index (χ4v) is 4.26. The van der Waals surface area contributed by atoms with E-state index in [-0.39, 0.29) is 0 Å². The van der Waals surface area contributed by atoms with Crippen LogP contribution in [0, 0.1) is 11.3 Å². The summed E-state index contributed by atoms with van der Waals surface area (Å²) < 4.78 is 0. The van der Waals surface area contributed by atoms with Gasteiger partial charge in [-0.1, -0.05) is 48.5 Å². The van der Waals surface area contributed by atoms with E-state index in [4.69, 9.17) is 4.98 Å². The van der Waals surface area contributed by atoms with E-state index in [1.807, 2.05) is 24.5 Å². The third-order valence-corrected chi connectivity index (χ3v) is 5.76. The summed E-state index contributed by atoms with van der Waals surface area (Å²) in [6.45, 7) is 4.80. The van der Waals surface area contributed by atoms with Crippen molar-refractivity contribution in [1.29, 1.82) is 5.26 Å². The Morgan fingerprint density at radius 3 is 2.41 bits per heavy atom. The van der Waals surface area contributed by atoms with Gasteiger partial charge in [-0.05, 0) is 17.9 Å². The monoisotopic (exact) mass is 374 g/mol. The highest BCUT2D eigenvalue weighted by Crippen LogP contribution is 2.35. The summed E-state index contributed by atoms with van der Waals surface area (Å²) >= 11 is 1.54. The number of pyridine rings is 1. The highest BCUT2D eigenvalue weighted by molar-refractivity contribution is 7.98. The van der Waals surface area contributed by atoms with Gasteiger partial charge in [0, 0.05) is 38.1 Å². The van der Waals surface area contributed by atoms with Crippen LogP contribution in [0.4, 0.5) is 5.69 Å². The Kier molecular flexibility index (Phi) is 5.28. The van der Waals surface area contributed by atoms with Crippen LogP contribution in [-0.4, -0.2) is 42.3 Å². The lowest BCUT2D eigenvalue weighted by molar-refractivity contribution is 0.250. The molecule has 0 unspecified atom stereocenters. The molecule has 0 spiro atoms. The van der Waals surface area contributed by atoms with Gasteiger partial charge in [0.15, 0.2) is 0 Å². The molecule has 1 aliphatic rings. The van der Waals surface area contributed by atoms with Gasteiger partial charge in [-0.2, -0.15) is 5.26 Å². The number of hydrogen-bond donors (Lipinski definition) is 0. The molecular formula is C22H22N4S. The summed E-state index contributed by atoms with van der Waals surface area (Å²) in [5, 5.41) is 11.7. The van der Waals surface area contributed by atoms with Gasteiger partial charge in [-0.3, -0.25) is 4.90 Å². The smallest absolute Gasteiger partial charge is 0.116 e. The molecule has 1 aliphatic heterocycles. The van der Waals surface area contributed by atoms with Crippen LogP contribution in [0.15, 0.2) is 59.6 Å². The zero-order valence-corrected chi connectivity index (χ0v) is 16.2. The molecule has 0 saturated carbocycles. The van der Waals surface area contributed by atoms with E-state index in [0.29, 0.717) is 5.56 Å². The summed E-state index contributed by atoms with van der Waals surface area (Å²) in [6.07, 6.45) is 1.99. The molecule has 2 aromatic carbocycles. The molecule has 27 heavy (non-hydrogen) atoms. The number of aromatic nitrogens is 1. The topological polar surface area (TPSA) is 43.2 Å². The number of benzene rings is 2. The van der Waals surface area contributed by atoms with Gasteiger partial charge in [-0.15, -0.1) is 11.8 Å². The molecular weight excluding hydrogens is 352 g/mol. The Morgan fingerprint density at radius 2 is 1.70 bits per heavy atom. The molecule has 1 fully saturated rings. The summed E-state index contributed by atoms with van der Waals surface area (Å²) in [7, 11) is 0. The number of para-hydroxylation sites is 1. The number of hydrogen-bond acceptors (Lipinski definition) is 5. The van der Waals surface area contributed by atoms with Gasteiger partial charge < -0.3 is 4.90 Å². The van der Waals surface area contributed by atoms with E-state index >= 15 is 0 Å². The van der Waals surface area contributed by atoms with Crippen molar-refractivity contribution in [2.24, 2.45) is 0 Å². The van der Waals surface area contributed by atoms with E-state index < -0.39 is 0 Å². The average molecular weight is 375 g/mol. The van der Waals surface area contributed by atoms with Crippen LogP contribution in [0.2, 0.25) is 0 Å². The standard InChI is InChI=1S/C22H22N4S/c1-27-22-19(15-23)21(18-9-5-6-10-20(18)24-22)26-13-11-25(12-14-26)16-17-7-3-2-4-8-17/h2-10H,11-14,16H2,1H3. The Labute approximate surface area is 164 Å². The van der Waals surface area contributed by atoms with Gasteiger partial charge >= 0.3 is 0 Å². The van der Waals surface area contributed by atoms with Crippen LogP contribution < -0.4 is 4.90 Å². The molecule has 0 N–H and O–H groups in total. The zero-order chi connectivity index (χ0) is 18.6. The van der Waals surface area contributed by atoms with Crippen molar-refractivity contribution >= 4 is 28.4 Å². The SMILES string of the molecule is CSc1nc2ccccc2c(N2CCN(Cc3ccccc3)CC2)c1C#N. The highest BCUT2D eigenvalue weighted by atomic mass is 32.2. The summed E-state index contributed by atoms with van der Waals surface area (Å²) in [5.74, 6) is 0. The van der Waals surface area contributed by atoms with Crippen LogP contribution in [0.1, 0.15) is 11.1 Å². The first-order chi connectivity index (χ1) is 13.3. The quantitative estimate of drug-likeness (QED) is 0.642. The second kappa shape index (κ2) is 7.99. The Bertz CT molecular complexity index is 973. The number of nitrogens with zero attached hydrogens (tertiary/aromatic N) is 4. The molecule has 0 atom stereocenters. The number of rotatable bonds is 4. The van der Waals surface area contributed by atoms with E-state index in [2.05, 4.69) is 52.3 Å². The minimum Gasteiger partial charge on any atom is -0.367 e. The van der Waals surface area contributed by atoms with Gasteiger partial charge in [0.2, 0.25) is 0 Å². The van der Waals surface area contributed by atoms with E-state index in [0.717, 1.165) is 54.3 Å². The van der Waals surface area contributed by atoms with Gasteiger partial charge in [0.05, 0.1) is 11.2 Å². The molecule has 136 valence electrons. The van der Waals surface area contributed by atoms with E-state index in [9.17, 15) is 5.26 Å². The molecule has 4 nitrogen and oxygen atoms in total. The summed E-state index contributed by atoms with van der Waals surface area (Å²) in [5.41, 5.74) is 4.06. The predicted molar refractivity (Wildman–Crippen MR) is 112 cm³/mol. The second-order valence-corrected chi connectivity index (χ2v) is 7.52. The molecule has 0 aliphatic carbocycles. The number of anilines is 1. The van der Waals surface area contributed by atoms with Crippen molar-refractivity contribution in [2.45, 2.75) is 11.6 Å². The molecule has 4 rings (SSSR count). The molecule has 0 amide bonds. The van der Waals surface area contributed by atoms with Crippen LogP contribution in [-0.2, 0) is 6.54 Å². The lowest BCUT2D eigenvalue weighted by atomic mass is 10.1. The first-order valence-electron chi connectivity index (χ1n) is 9.18. The van der Waals surface area contributed by atoms with Crippen LogP contribution in [0.5, 0.6) is 0 Å². The number of nitriles is 1. The maximum absolute atomic E-state index is 9.83. The maximum atomic E-state index is 9.83. The minimum absolute atomic E-state index is 0.706. The molecule has 3 aromatic rings. The highest BCUT2D eigenvalue weighted by Gasteiger charge is 2.23. The third kappa shape index (κ3) is 3.64. The largest absolute Gasteiger partial charge is 0.367 e. The summed E-state index contributed by atoms with van der Waals surface area (Å²) in [6, 6.07) is 21.2.